The topological polar surface area (TPSA) is 47.6 Å². The van der Waals surface area contributed by atoms with Gasteiger partial charge < -0.3 is 0 Å². The van der Waals surface area contributed by atoms with Crippen molar-refractivity contribution in [2.24, 2.45) is 0 Å². The Morgan fingerprint density at radius 1 is 1.58 bits per heavy atom. The Morgan fingerprint density at radius 3 is 2.58 bits per heavy atom. The summed E-state index contributed by atoms with van der Waals surface area (Å²) in [6.07, 6.45) is 4.70. The number of hydrogen-bond donors (Lipinski definition) is 1. The van der Waals surface area contributed by atoms with E-state index in [0.29, 0.717) is 5.03 Å². The predicted molar refractivity (Wildman–Crippen MR) is 51.2 cm³/mol. The lowest BCUT2D eigenvalue weighted by atomic mass is 10.2. The average molecular weight is 181 g/mol. The molecule has 0 fully saturated rings. The van der Waals surface area contributed by atoms with Gasteiger partial charge in [0.1, 0.15) is 11.8 Å². The molecule has 0 aromatic carbocycles. The highest BCUT2D eigenvalue weighted by molar-refractivity contribution is 6.30. The van der Waals surface area contributed by atoms with Gasteiger partial charge in [0.25, 0.3) is 0 Å². The Balaban J connectivity index is 4.29. The van der Waals surface area contributed by atoms with Gasteiger partial charge in [-0.15, -0.1) is 0 Å². The summed E-state index contributed by atoms with van der Waals surface area (Å²) in [5.74, 6) is 0. The van der Waals surface area contributed by atoms with Crippen LogP contribution in [0, 0.1) is 16.7 Å². The Morgan fingerprint density at radius 2 is 2.17 bits per heavy atom. The first-order valence-corrected chi connectivity index (χ1v) is 3.63. The van der Waals surface area contributed by atoms with E-state index >= 15 is 0 Å². The molecular formula is C9H9ClN2. The molecule has 2 nitrogen and oxygen atoms in total. The molecule has 0 spiro atoms. The number of hydrogen-bond acceptors (Lipinski definition) is 2. The summed E-state index contributed by atoms with van der Waals surface area (Å²) in [6, 6.07) is 1.69. The smallest absolute Gasteiger partial charge is 0.132 e. The van der Waals surface area contributed by atoms with Crippen LogP contribution in [0.15, 0.2) is 35.4 Å². The van der Waals surface area contributed by atoms with Gasteiger partial charge in [0, 0.05) is 5.03 Å². The third kappa shape index (κ3) is 5.45. The molecule has 1 N–H and O–H groups in total. The van der Waals surface area contributed by atoms with Crippen LogP contribution in [0.2, 0.25) is 0 Å². The van der Waals surface area contributed by atoms with E-state index in [1.807, 2.05) is 6.92 Å². The maximum absolute atomic E-state index is 8.24. The first kappa shape index (κ1) is 10.7. The van der Waals surface area contributed by atoms with Crippen molar-refractivity contribution in [3.05, 3.63) is 35.4 Å². The van der Waals surface area contributed by atoms with Gasteiger partial charge in [-0.05, 0) is 24.6 Å². The second kappa shape index (κ2) is 5.34. The third-order valence-electron chi connectivity index (χ3n) is 1.02. The Hall–Kier alpha value is -1.33. The number of rotatable bonds is 3. The van der Waals surface area contributed by atoms with Crippen molar-refractivity contribution in [1.29, 1.82) is 10.7 Å². The minimum absolute atomic E-state index is 0.0806. The van der Waals surface area contributed by atoms with Gasteiger partial charge >= 0.3 is 0 Å². The molecule has 12 heavy (non-hydrogen) atoms. The number of allylic oxidation sites excluding steroid dienone is 5. The summed E-state index contributed by atoms with van der Waals surface area (Å²) in [6.45, 7) is 5.29. The fourth-order valence-electron chi connectivity index (χ4n) is 0.547. The van der Waals surface area contributed by atoms with E-state index in [4.69, 9.17) is 22.3 Å². The Bertz CT molecular complexity index is 292. The van der Waals surface area contributed by atoms with E-state index < -0.39 is 0 Å². The molecule has 0 aromatic heterocycles. The van der Waals surface area contributed by atoms with Crippen LogP contribution in [0.3, 0.4) is 0 Å². The van der Waals surface area contributed by atoms with Gasteiger partial charge in [-0.2, -0.15) is 5.26 Å². The largest absolute Gasteiger partial charge is 0.290 e. The highest BCUT2D eigenvalue weighted by Gasteiger charge is 1.86. The zero-order valence-corrected chi connectivity index (χ0v) is 7.52. The van der Waals surface area contributed by atoms with E-state index in [9.17, 15) is 0 Å². The minimum Gasteiger partial charge on any atom is -0.290 e. The SMILES string of the molecule is C=C(Cl)/C=C(C)/C=C\C(=N)C#N. The summed E-state index contributed by atoms with van der Waals surface area (Å²) in [7, 11) is 0. The molecule has 0 rings (SSSR count). The molecule has 0 radical (unpaired) electrons. The zero-order valence-electron chi connectivity index (χ0n) is 6.76. The number of halogens is 1. The molecule has 0 aliphatic heterocycles. The van der Waals surface area contributed by atoms with Crippen molar-refractivity contribution < 1.29 is 0 Å². The van der Waals surface area contributed by atoms with E-state index in [1.165, 1.54) is 6.08 Å². The molecule has 0 saturated heterocycles. The van der Waals surface area contributed by atoms with Crippen LogP contribution in [0.25, 0.3) is 0 Å². The van der Waals surface area contributed by atoms with E-state index in [0.717, 1.165) is 5.57 Å². The molecule has 0 saturated carbocycles. The monoisotopic (exact) mass is 180 g/mol. The maximum atomic E-state index is 8.24. The second-order valence-electron chi connectivity index (χ2n) is 2.19. The molecule has 0 heterocycles. The summed E-state index contributed by atoms with van der Waals surface area (Å²) in [5, 5.41) is 15.7. The Labute approximate surface area is 77.0 Å². The average Bonchev–Trinajstić information content (AvgIpc) is 1.99. The van der Waals surface area contributed by atoms with Crippen molar-refractivity contribution in [3.63, 3.8) is 0 Å². The molecule has 3 heteroatoms. The first-order valence-electron chi connectivity index (χ1n) is 3.25. The summed E-state index contributed by atoms with van der Waals surface area (Å²) in [5.41, 5.74) is 0.776. The van der Waals surface area contributed by atoms with Gasteiger partial charge in [-0.3, -0.25) is 5.41 Å². The maximum Gasteiger partial charge on any atom is 0.132 e. The van der Waals surface area contributed by atoms with E-state index in [1.54, 1.807) is 18.2 Å². The lowest BCUT2D eigenvalue weighted by Crippen LogP contribution is -1.82. The lowest BCUT2D eigenvalue weighted by molar-refractivity contribution is 1.48. The standard InChI is InChI=1S/C9H9ClN2/c1-7(5-8(2)10)3-4-9(12)6-11/h3-5,12H,2H2,1H3/b4-3-,7-5+,12-9?. The fraction of sp³-hybridized carbons (Fsp3) is 0.111. The molecule has 0 atom stereocenters. The van der Waals surface area contributed by atoms with Crippen LogP contribution >= 0.6 is 11.6 Å². The van der Waals surface area contributed by atoms with Gasteiger partial charge in [0.15, 0.2) is 0 Å². The summed E-state index contributed by atoms with van der Waals surface area (Å²) < 4.78 is 0. The Kier molecular flexibility index (Phi) is 4.75. The fourth-order valence-corrected chi connectivity index (χ4v) is 0.719. The molecule has 62 valence electrons. The lowest BCUT2D eigenvalue weighted by Gasteiger charge is -1.88. The van der Waals surface area contributed by atoms with Crippen molar-refractivity contribution in [2.75, 3.05) is 0 Å². The van der Waals surface area contributed by atoms with Gasteiger partial charge in [-0.1, -0.05) is 24.3 Å². The van der Waals surface area contributed by atoms with Crippen LogP contribution in [-0.2, 0) is 0 Å². The number of nitrogens with zero attached hydrogens (tertiary/aromatic N) is 1. The molecular weight excluding hydrogens is 172 g/mol. The quantitative estimate of drug-likeness (QED) is 0.527. The van der Waals surface area contributed by atoms with Crippen molar-refractivity contribution >= 4 is 17.3 Å². The first-order chi connectivity index (χ1) is 5.56. The van der Waals surface area contributed by atoms with Gasteiger partial charge in [-0.25, -0.2) is 0 Å². The van der Waals surface area contributed by atoms with Crippen LogP contribution in [0.5, 0.6) is 0 Å². The van der Waals surface area contributed by atoms with E-state index in [2.05, 4.69) is 6.58 Å². The molecule has 0 bridgehead atoms. The van der Waals surface area contributed by atoms with Gasteiger partial charge in [0.05, 0.1) is 0 Å². The van der Waals surface area contributed by atoms with Crippen LogP contribution < -0.4 is 0 Å². The second-order valence-corrected chi connectivity index (χ2v) is 2.68. The van der Waals surface area contributed by atoms with Crippen LogP contribution in [0.4, 0.5) is 0 Å². The molecule has 0 aromatic rings. The predicted octanol–water partition coefficient (Wildman–Crippen LogP) is 2.78. The van der Waals surface area contributed by atoms with Crippen LogP contribution in [0.1, 0.15) is 6.92 Å². The van der Waals surface area contributed by atoms with Gasteiger partial charge in [0.2, 0.25) is 0 Å². The minimum atomic E-state index is -0.0806. The third-order valence-corrected chi connectivity index (χ3v) is 1.13. The van der Waals surface area contributed by atoms with E-state index in [-0.39, 0.29) is 5.71 Å². The number of nitriles is 1. The zero-order chi connectivity index (χ0) is 9.56. The molecule has 0 amide bonds. The highest BCUT2D eigenvalue weighted by Crippen LogP contribution is 2.04. The summed E-state index contributed by atoms with van der Waals surface area (Å²) in [4.78, 5) is 0. The van der Waals surface area contributed by atoms with Crippen molar-refractivity contribution in [3.8, 4) is 6.07 Å². The van der Waals surface area contributed by atoms with Crippen LogP contribution in [-0.4, -0.2) is 5.71 Å². The summed E-state index contributed by atoms with van der Waals surface area (Å²) >= 11 is 5.50. The molecule has 0 aliphatic rings. The molecule has 0 aliphatic carbocycles. The van der Waals surface area contributed by atoms with Crippen molar-refractivity contribution in [1.82, 2.24) is 0 Å². The molecule has 0 unspecified atom stereocenters. The number of nitrogens with one attached hydrogen (secondary N) is 1. The highest BCUT2D eigenvalue weighted by atomic mass is 35.5. The van der Waals surface area contributed by atoms with Crippen molar-refractivity contribution in [2.45, 2.75) is 6.92 Å². The normalized spacial score (nSPS) is 11.2.